The maximum atomic E-state index is 11.9. The third-order valence-corrected chi connectivity index (χ3v) is 3.76. The lowest BCUT2D eigenvalue weighted by Crippen LogP contribution is -2.37. The van der Waals surface area contributed by atoms with Crippen molar-refractivity contribution >= 4 is 23.0 Å². The molecule has 1 saturated carbocycles. The second-order valence-corrected chi connectivity index (χ2v) is 4.91. The number of aryl methyl sites for hydroxylation is 1. The van der Waals surface area contributed by atoms with Gasteiger partial charge in [-0.3, -0.25) is 9.59 Å². The Bertz CT molecular complexity index is 404. The molecule has 2 rings (SSSR count). The fourth-order valence-electron chi connectivity index (χ4n) is 1.85. The number of rotatable bonds is 2. The van der Waals surface area contributed by atoms with Crippen LogP contribution in [0, 0.1) is 6.92 Å². The van der Waals surface area contributed by atoms with E-state index in [2.05, 4.69) is 10.3 Å². The molecule has 0 radical (unpaired) electrons. The normalized spacial score (nSPS) is 17.4. The molecule has 1 fully saturated rings. The fraction of sp³-hybridized carbons (Fsp3) is 0.545. The van der Waals surface area contributed by atoms with Gasteiger partial charge in [-0.05, 0) is 19.8 Å². The fourth-order valence-corrected chi connectivity index (χ4v) is 2.56. The van der Waals surface area contributed by atoms with E-state index in [1.54, 1.807) is 5.51 Å². The summed E-state index contributed by atoms with van der Waals surface area (Å²) in [7, 11) is 0. The Morgan fingerprint density at radius 1 is 1.50 bits per heavy atom. The number of nitrogens with zero attached hydrogens (tertiary/aromatic N) is 1. The van der Waals surface area contributed by atoms with Crippen molar-refractivity contribution in [3.63, 3.8) is 0 Å². The molecule has 0 bridgehead atoms. The van der Waals surface area contributed by atoms with Crippen LogP contribution in [0.1, 0.15) is 41.0 Å². The molecule has 1 N–H and O–H groups in total. The quantitative estimate of drug-likeness (QED) is 0.853. The summed E-state index contributed by atoms with van der Waals surface area (Å²) in [5.41, 5.74) is 2.45. The maximum Gasteiger partial charge on any atom is 0.263 e. The Labute approximate surface area is 98.1 Å². The zero-order valence-electron chi connectivity index (χ0n) is 9.16. The minimum Gasteiger partial charge on any atom is -0.349 e. The lowest BCUT2D eigenvalue weighted by atomic mass is 9.94. The van der Waals surface area contributed by atoms with Crippen LogP contribution in [0.4, 0.5) is 0 Å². The molecular weight excluding hydrogens is 224 g/mol. The number of nitrogens with one attached hydrogen (secondary N) is 1. The van der Waals surface area contributed by atoms with Crippen molar-refractivity contribution < 1.29 is 9.59 Å². The van der Waals surface area contributed by atoms with Gasteiger partial charge in [0, 0.05) is 18.9 Å². The van der Waals surface area contributed by atoms with E-state index >= 15 is 0 Å². The molecule has 1 aliphatic carbocycles. The van der Waals surface area contributed by atoms with Crippen molar-refractivity contribution in [1.82, 2.24) is 10.3 Å². The van der Waals surface area contributed by atoms with Crippen LogP contribution in [-0.2, 0) is 4.79 Å². The van der Waals surface area contributed by atoms with Crippen LogP contribution >= 0.6 is 11.3 Å². The number of amides is 1. The largest absolute Gasteiger partial charge is 0.349 e. The lowest BCUT2D eigenvalue weighted by Gasteiger charge is -2.21. The van der Waals surface area contributed by atoms with Gasteiger partial charge in [0.15, 0.2) is 0 Å². The predicted octanol–water partition coefficient (Wildman–Crippen LogP) is 1.69. The second kappa shape index (κ2) is 4.74. The molecule has 16 heavy (non-hydrogen) atoms. The number of hydrogen-bond donors (Lipinski definition) is 1. The van der Waals surface area contributed by atoms with Crippen molar-refractivity contribution in [3.8, 4) is 0 Å². The molecule has 4 nitrogen and oxygen atoms in total. The van der Waals surface area contributed by atoms with Gasteiger partial charge in [-0.15, -0.1) is 11.3 Å². The minimum atomic E-state index is -0.0562. The van der Waals surface area contributed by atoms with E-state index in [-0.39, 0.29) is 11.9 Å². The summed E-state index contributed by atoms with van der Waals surface area (Å²) < 4.78 is 0. The number of carbonyl (C=O) groups excluding carboxylic acids is 2. The smallest absolute Gasteiger partial charge is 0.263 e. The number of carbonyl (C=O) groups is 2. The van der Waals surface area contributed by atoms with E-state index in [1.165, 1.54) is 11.3 Å². The summed E-state index contributed by atoms with van der Waals surface area (Å²) in [4.78, 5) is 27.6. The molecule has 0 spiro atoms. The number of aromatic nitrogens is 1. The molecular formula is C11H14N2O2S. The summed E-state index contributed by atoms with van der Waals surface area (Å²) in [6.45, 7) is 1.83. The predicted molar refractivity (Wildman–Crippen MR) is 61.6 cm³/mol. The van der Waals surface area contributed by atoms with Crippen LogP contribution in [0.2, 0.25) is 0 Å². The third-order valence-electron chi connectivity index (χ3n) is 2.83. The first kappa shape index (κ1) is 11.3. The van der Waals surface area contributed by atoms with E-state index in [1.807, 2.05) is 6.92 Å². The van der Waals surface area contributed by atoms with Crippen LogP contribution < -0.4 is 5.32 Å². The van der Waals surface area contributed by atoms with Gasteiger partial charge >= 0.3 is 0 Å². The molecule has 1 aromatic rings. The van der Waals surface area contributed by atoms with Crippen molar-refractivity contribution in [1.29, 1.82) is 0 Å². The molecule has 5 heteroatoms. The van der Waals surface area contributed by atoms with Crippen molar-refractivity contribution in [2.45, 2.75) is 38.6 Å². The first-order valence-corrected chi connectivity index (χ1v) is 6.27. The first-order chi connectivity index (χ1) is 7.66. The van der Waals surface area contributed by atoms with Crippen LogP contribution in [0.3, 0.4) is 0 Å². The Balaban J connectivity index is 1.93. The highest BCUT2D eigenvalue weighted by atomic mass is 32.1. The van der Waals surface area contributed by atoms with E-state index in [4.69, 9.17) is 0 Å². The van der Waals surface area contributed by atoms with Gasteiger partial charge in [-0.2, -0.15) is 0 Å². The van der Waals surface area contributed by atoms with Gasteiger partial charge in [0.1, 0.15) is 10.7 Å². The second-order valence-electron chi connectivity index (χ2n) is 4.05. The number of hydrogen-bond acceptors (Lipinski definition) is 4. The molecule has 1 amide bonds. The molecule has 0 unspecified atom stereocenters. The van der Waals surface area contributed by atoms with Gasteiger partial charge in [0.05, 0.1) is 11.2 Å². The number of Topliss-reactive ketones (excluding diaryl/α,β-unsaturated/α-hetero) is 1. The topological polar surface area (TPSA) is 59.1 Å². The van der Waals surface area contributed by atoms with Crippen molar-refractivity contribution in [3.05, 3.63) is 16.1 Å². The van der Waals surface area contributed by atoms with Crippen molar-refractivity contribution in [2.75, 3.05) is 0 Å². The Hall–Kier alpha value is -1.23. The summed E-state index contributed by atoms with van der Waals surface area (Å²) in [5, 5.41) is 2.96. The summed E-state index contributed by atoms with van der Waals surface area (Å²) in [5.74, 6) is 0.249. The summed E-state index contributed by atoms with van der Waals surface area (Å²) >= 11 is 1.36. The van der Waals surface area contributed by atoms with E-state index in [9.17, 15) is 9.59 Å². The highest BCUT2D eigenvalue weighted by Gasteiger charge is 2.21. The van der Waals surface area contributed by atoms with E-state index < -0.39 is 0 Å². The SMILES string of the molecule is Cc1ncsc1C(=O)NC1CCC(=O)CC1. The average molecular weight is 238 g/mol. The first-order valence-electron chi connectivity index (χ1n) is 5.39. The maximum absolute atomic E-state index is 11.9. The van der Waals surface area contributed by atoms with Gasteiger partial charge in [-0.25, -0.2) is 4.98 Å². The average Bonchev–Trinajstić information content (AvgIpc) is 2.68. The molecule has 1 aromatic heterocycles. The Morgan fingerprint density at radius 2 is 2.19 bits per heavy atom. The molecule has 0 aliphatic heterocycles. The molecule has 86 valence electrons. The standard InChI is InChI=1S/C11H14N2O2S/c1-7-10(16-6-12-7)11(15)13-8-2-4-9(14)5-3-8/h6,8H,2-5H2,1H3,(H,13,15). The van der Waals surface area contributed by atoms with Crippen molar-refractivity contribution in [2.24, 2.45) is 0 Å². The van der Waals surface area contributed by atoms with Crippen LogP contribution in [0.15, 0.2) is 5.51 Å². The zero-order valence-corrected chi connectivity index (χ0v) is 9.97. The van der Waals surface area contributed by atoms with Crippen LogP contribution in [-0.4, -0.2) is 22.7 Å². The molecule has 1 heterocycles. The number of ketones is 1. The third kappa shape index (κ3) is 2.47. The highest BCUT2D eigenvalue weighted by Crippen LogP contribution is 2.17. The Morgan fingerprint density at radius 3 is 2.75 bits per heavy atom. The molecule has 1 aliphatic rings. The zero-order chi connectivity index (χ0) is 11.5. The summed E-state index contributed by atoms with van der Waals surface area (Å²) in [6.07, 6.45) is 2.71. The van der Waals surface area contributed by atoms with Gasteiger partial charge in [-0.1, -0.05) is 0 Å². The summed E-state index contributed by atoms with van der Waals surface area (Å²) in [6, 6.07) is 0.145. The molecule has 0 aromatic carbocycles. The van der Waals surface area contributed by atoms with E-state index in [0.717, 1.165) is 18.5 Å². The van der Waals surface area contributed by atoms with Crippen LogP contribution in [0.25, 0.3) is 0 Å². The lowest BCUT2D eigenvalue weighted by molar-refractivity contribution is -0.120. The Kier molecular flexibility index (Phi) is 3.33. The monoisotopic (exact) mass is 238 g/mol. The van der Waals surface area contributed by atoms with Gasteiger partial charge in [0.25, 0.3) is 5.91 Å². The van der Waals surface area contributed by atoms with Crippen LogP contribution in [0.5, 0.6) is 0 Å². The van der Waals surface area contributed by atoms with Gasteiger partial charge in [0.2, 0.25) is 0 Å². The highest BCUT2D eigenvalue weighted by molar-refractivity contribution is 7.11. The van der Waals surface area contributed by atoms with E-state index in [0.29, 0.717) is 23.5 Å². The molecule has 0 atom stereocenters. The minimum absolute atomic E-state index is 0.0562. The number of thiazole rings is 1. The molecule has 0 saturated heterocycles. The van der Waals surface area contributed by atoms with Gasteiger partial charge < -0.3 is 5.32 Å².